The minimum Gasteiger partial charge on any atom is -0.481 e. The number of carbonyl (C=O) groups is 1. The lowest BCUT2D eigenvalue weighted by atomic mass is 10.3. The molecule has 0 aliphatic carbocycles. The fourth-order valence-electron chi connectivity index (χ4n) is 1.75. The van der Waals surface area contributed by atoms with Gasteiger partial charge in [0.2, 0.25) is 0 Å². The predicted molar refractivity (Wildman–Crippen MR) is 79.7 cm³/mol. The fraction of sp³-hybridized carbons (Fsp3) is 0.769. The monoisotopic (exact) mass is 317 g/mol. The van der Waals surface area contributed by atoms with Crippen molar-refractivity contribution in [3.05, 3.63) is 5.82 Å². The molecule has 0 radical (unpaired) electrons. The SMILES string of the molecule is CCCc1nnc(SCC(=O)O)n1CCCOCCOC. The van der Waals surface area contributed by atoms with Gasteiger partial charge in [-0.25, -0.2) is 0 Å². The Kier molecular flexibility index (Phi) is 9.04. The number of hydrogen-bond donors (Lipinski definition) is 1. The van der Waals surface area contributed by atoms with Crippen LogP contribution in [-0.4, -0.2) is 58.5 Å². The normalized spacial score (nSPS) is 11.0. The third kappa shape index (κ3) is 6.92. The van der Waals surface area contributed by atoms with E-state index in [1.165, 1.54) is 11.8 Å². The van der Waals surface area contributed by atoms with Gasteiger partial charge in [-0.15, -0.1) is 10.2 Å². The van der Waals surface area contributed by atoms with E-state index in [1.807, 2.05) is 4.57 Å². The summed E-state index contributed by atoms with van der Waals surface area (Å²) in [6.07, 6.45) is 2.65. The van der Waals surface area contributed by atoms with Crippen LogP contribution in [0.2, 0.25) is 0 Å². The second-order valence-corrected chi connectivity index (χ2v) is 5.38. The van der Waals surface area contributed by atoms with Crippen molar-refractivity contribution in [2.24, 2.45) is 0 Å². The molecule has 0 bridgehead atoms. The minimum atomic E-state index is -0.852. The molecule has 1 aromatic heterocycles. The molecular formula is C13H23N3O4S. The largest absolute Gasteiger partial charge is 0.481 e. The van der Waals surface area contributed by atoms with Gasteiger partial charge in [0.1, 0.15) is 5.82 Å². The number of aromatic nitrogens is 3. The maximum Gasteiger partial charge on any atom is 0.313 e. The number of nitrogens with zero attached hydrogens (tertiary/aromatic N) is 3. The maximum absolute atomic E-state index is 10.7. The highest BCUT2D eigenvalue weighted by Gasteiger charge is 2.13. The molecule has 0 aromatic carbocycles. The second kappa shape index (κ2) is 10.6. The Labute approximate surface area is 129 Å². The lowest BCUT2D eigenvalue weighted by molar-refractivity contribution is -0.133. The number of carboxylic acids is 1. The van der Waals surface area contributed by atoms with Crippen molar-refractivity contribution in [3.63, 3.8) is 0 Å². The molecule has 0 fully saturated rings. The van der Waals surface area contributed by atoms with Crippen LogP contribution in [0.5, 0.6) is 0 Å². The molecule has 0 unspecified atom stereocenters. The Balaban J connectivity index is 2.50. The number of aliphatic carboxylic acids is 1. The summed E-state index contributed by atoms with van der Waals surface area (Å²) >= 11 is 1.20. The van der Waals surface area contributed by atoms with Gasteiger partial charge in [-0.2, -0.15) is 0 Å². The van der Waals surface area contributed by atoms with Gasteiger partial charge < -0.3 is 19.1 Å². The smallest absolute Gasteiger partial charge is 0.313 e. The highest BCUT2D eigenvalue weighted by Crippen LogP contribution is 2.18. The molecule has 1 heterocycles. The van der Waals surface area contributed by atoms with E-state index in [-0.39, 0.29) is 5.75 Å². The van der Waals surface area contributed by atoms with Gasteiger partial charge in [0.05, 0.1) is 19.0 Å². The fourth-order valence-corrected chi connectivity index (χ4v) is 2.46. The second-order valence-electron chi connectivity index (χ2n) is 4.44. The average Bonchev–Trinajstić information content (AvgIpc) is 2.83. The van der Waals surface area contributed by atoms with Crippen molar-refractivity contribution in [2.75, 3.05) is 32.7 Å². The van der Waals surface area contributed by atoms with Gasteiger partial charge in [0.15, 0.2) is 5.16 Å². The first-order valence-electron chi connectivity index (χ1n) is 7.02. The number of thioether (sulfide) groups is 1. The zero-order valence-corrected chi connectivity index (χ0v) is 13.4. The topological polar surface area (TPSA) is 86.5 Å². The summed E-state index contributed by atoms with van der Waals surface area (Å²) in [5, 5.41) is 17.7. The van der Waals surface area contributed by atoms with Crippen LogP contribution < -0.4 is 0 Å². The highest BCUT2D eigenvalue weighted by molar-refractivity contribution is 7.99. The van der Waals surface area contributed by atoms with Crippen molar-refractivity contribution in [1.82, 2.24) is 14.8 Å². The van der Waals surface area contributed by atoms with Crippen LogP contribution in [0.4, 0.5) is 0 Å². The summed E-state index contributed by atoms with van der Waals surface area (Å²) in [5.41, 5.74) is 0. The standard InChI is InChI=1S/C13H23N3O4S/c1-3-5-11-14-15-13(21-10-12(17)18)16(11)6-4-7-20-9-8-19-2/h3-10H2,1-2H3,(H,17,18). The molecule has 0 aliphatic heterocycles. The van der Waals surface area contributed by atoms with E-state index in [0.717, 1.165) is 31.6 Å². The van der Waals surface area contributed by atoms with Crippen molar-refractivity contribution in [2.45, 2.75) is 37.9 Å². The van der Waals surface area contributed by atoms with Crippen LogP contribution in [0.3, 0.4) is 0 Å². The molecule has 21 heavy (non-hydrogen) atoms. The van der Waals surface area contributed by atoms with E-state index in [1.54, 1.807) is 7.11 Å². The zero-order valence-electron chi connectivity index (χ0n) is 12.6. The summed E-state index contributed by atoms with van der Waals surface area (Å²) in [7, 11) is 1.64. The molecule has 0 spiro atoms. The van der Waals surface area contributed by atoms with Gasteiger partial charge in [-0.1, -0.05) is 18.7 Å². The van der Waals surface area contributed by atoms with Gasteiger partial charge in [0.25, 0.3) is 0 Å². The first-order valence-corrected chi connectivity index (χ1v) is 8.01. The van der Waals surface area contributed by atoms with Crippen LogP contribution in [0.25, 0.3) is 0 Å². The predicted octanol–water partition coefficient (Wildman–Crippen LogP) is 1.46. The molecular weight excluding hydrogens is 294 g/mol. The molecule has 8 heteroatoms. The van der Waals surface area contributed by atoms with Crippen LogP contribution in [0.1, 0.15) is 25.6 Å². The number of ether oxygens (including phenoxy) is 2. The molecule has 7 nitrogen and oxygen atoms in total. The van der Waals surface area contributed by atoms with Crippen molar-refractivity contribution in [1.29, 1.82) is 0 Å². The van der Waals surface area contributed by atoms with Gasteiger partial charge in [0, 0.05) is 26.7 Å². The molecule has 0 aliphatic rings. The third-order valence-corrected chi connectivity index (χ3v) is 3.65. The minimum absolute atomic E-state index is 0.00536. The first kappa shape index (κ1) is 17.9. The molecule has 0 saturated heterocycles. The molecule has 0 saturated carbocycles. The Morgan fingerprint density at radius 3 is 2.81 bits per heavy atom. The first-order chi connectivity index (χ1) is 10.2. The van der Waals surface area contributed by atoms with E-state index in [0.29, 0.717) is 25.0 Å². The molecule has 1 aromatic rings. The van der Waals surface area contributed by atoms with Gasteiger partial charge in [-0.3, -0.25) is 4.79 Å². The Morgan fingerprint density at radius 2 is 2.14 bits per heavy atom. The number of aryl methyl sites for hydroxylation is 1. The Hall–Kier alpha value is -1.12. The summed E-state index contributed by atoms with van der Waals surface area (Å²) in [4.78, 5) is 10.7. The number of carboxylic acid groups (broad SMARTS) is 1. The van der Waals surface area contributed by atoms with Crippen molar-refractivity contribution in [3.8, 4) is 0 Å². The van der Waals surface area contributed by atoms with Crippen LogP contribution in [0, 0.1) is 0 Å². The van der Waals surface area contributed by atoms with E-state index < -0.39 is 5.97 Å². The van der Waals surface area contributed by atoms with Gasteiger partial charge >= 0.3 is 5.97 Å². The molecule has 120 valence electrons. The van der Waals surface area contributed by atoms with Crippen LogP contribution in [-0.2, 0) is 27.2 Å². The summed E-state index contributed by atoms with van der Waals surface area (Å²) in [6.45, 7) is 4.62. The molecule has 0 amide bonds. The van der Waals surface area contributed by atoms with E-state index >= 15 is 0 Å². The summed E-state index contributed by atoms with van der Waals surface area (Å²) in [6, 6.07) is 0. The summed E-state index contributed by atoms with van der Waals surface area (Å²) < 4.78 is 12.3. The number of methoxy groups -OCH3 is 1. The zero-order chi connectivity index (χ0) is 15.5. The van der Waals surface area contributed by atoms with Gasteiger partial charge in [-0.05, 0) is 12.8 Å². The Bertz CT molecular complexity index is 426. The molecule has 1 N–H and O–H groups in total. The number of hydrogen-bond acceptors (Lipinski definition) is 6. The highest BCUT2D eigenvalue weighted by atomic mass is 32.2. The lowest BCUT2D eigenvalue weighted by Crippen LogP contribution is -2.10. The molecule has 1 rings (SSSR count). The number of rotatable bonds is 12. The average molecular weight is 317 g/mol. The van der Waals surface area contributed by atoms with Crippen LogP contribution in [0.15, 0.2) is 5.16 Å². The maximum atomic E-state index is 10.7. The summed E-state index contributed by atoms with van der Waals surface area (Å²) in [5.74, 6) is 0.0472. The van der Waals surface area contributed by atoms with E-state index in [4.69, 9.17) is 14.6 Å². The lowest BCUT2D eigenvalue weighted by Gasteiger charge is -2.09. The quantitative estimate of drug-likeness (QED) is 0.461. The van der Waals surface area contributed by atoms with E-state index in [9.17, 15) is 4.79 Å². The van der Waals surface area contributed by atoms with E-state index in [2.05, 4.69) is 17.1 Å². The van der Waals surface area contributed by atoms with Crippen molar-refractivity contribution >= 4 is 17.7 Å². The Morgan fingerprint density at radius 1 is 1.33 bits per heavy atom. The third-order valence-electron chi connectivity index (χ3n) is 2.69. The molecule has 0 atom stereocenters. The van der Waals surface area contributed by atoms with Crippen LogP contribution >= 0.6 is 11.8 Å². The van der Waals surface area contributed by atoms with Crippen molar-refractivity contribution < 1.29 is 19.4 Å².